The van der Waals surface area contributed by atoms with Crippen LogP contribution in [0.5, 0.6) is 5.88 Å². The minimum Gasteiger partial charge on any atom is -0.468 e. The van der Waals surface area contributed by atoms with Gasteiger partial charge in [-0.05, 0) is 38.4 Å². The number of aromatic nitrogens is 1. The van der Waals surface area contributed by atoms with Crippen LogP contribution in [0.25, 0.3) is 0 Å². The Kier molecular flexibility index (Phi) is 5.05. The van der Waals surface area contributed by atoms with E-state index in [2.05, 4.69) is 20.4 Å². The largest absolute Gasteiger partial charge is 0.468 e. The summed E-state index contributed by atoms with van der Waals surface area (Å²) in [4.78, 5) is 3.87. The van der Waals surface area contributed by atoms with Crippen LogP contribution in [-0.4, -0.2) is 36.9 Å². The molecule has 1 saturated heterocycles. The Morgan fingerprint density at radius 3 is 2.85 bits per heavy atom. The van der Waals surface area contributed by atoms with Gasteiger partial charge in [0.2, 0.25) is 5.88 Å². The average Bonchev–Trinajstić information content (AvgIpc) is 2.66. The highest BCUT2D eigenvalue weighted by Gasteiger charge is 2.28. The fourth-order valence-electron chi connectivity index (χ4n) is 2.11. The third kappa shape index (κ3) is 5.24. The molecule has 2 heterocycles. The predicted molar refractivity (Wildman–Crippen MR) is 69.9 cm³/mol. The second-order valence-electron chi connectivity index (χ2n) is 4.81. The molecule has 2 rings (SSSR count). The van der Waals surface area contributed by atoms with E-state index in [1.165, 1.54) is 12.3 Å². The number of anilines is 1. The zero-order chi connectivity index (χ0) is 14.4. The van der Waals surface area contributed by atoms with Gasteiger partial charge in [-0.1, -0.05) is 0 Å². The van der Waals surface area contributed by atoms with Crippen LogP contribution in [0, 0.1) is 0 Å². The maximum absolute atomic E-state index is 12.0. The van der Waals surface area contributed by atoms with Crippen LogP contribution in [-0.2, 0) is 0 Å². The van der Waals surface area contributed by atoms with Gasteiger partial charge in [0, 0.05) is 12.1 Å². The zero-order valence-corrected chi connectivity index (χ0v) is 11.0. The van der Waals surface area contributed by atoms with E-state index < -0.39 is 12.8 Å². The Bertz CT molecular complexity index is 400. The second-order valence-corrected chi connectivity index (χ2v) is 4.81. The molecular weight excluding hydrogens is 271 g/mol. The molecule has 1 aliphatic rings. The molecule has 20 heavy (non-hydrogen) atoms. The fraction of sp³-hybridized carbons (Fsp3) is 0.615. The summed E-state index contributed by atoms with van der Waals surface area (Å²) in [5.41, 5.74) is 0.802. The summed E-state index contributed by atoms with van der Waals surface area (Å²) >= 11 is 0. The van der Waals surface area contributed by atoms with Crippen molar-refractivity contribution in [3.05, 3.63) is 18.3 Å². The van der Waals surface area contributed by atoms with Gasteiger partial charge in [-0.25, -0.2) is 4.98 Å². The van der Waals surface area contributed by atoms with E-state index in [9.17, 15) is 13.2 Å². The molecule has 0 bridgehead atoms. The number of nitrogens with zero attached hydrogens (tertiary/aromatic N) is 1. The number of hydrogen-bond donors (Lipinski definition) is 2. The lowest BCUT2D eigenvalue weighted by molar-refractivity contribution is -0.154. The summed E-state index contributed by atoms with van der Waals surface area (Å²) in [5.74, 6) is -0.0181. The molecule has 0 spiro atoms. The highest BCUT2D eigenvalue weighted by atomic mass is 19.4. The molecule has 112 valence electrons. The van der Waals surface area contributed by atoms with Gasteiger partial charge >= 0.3 is 6.18 Å². The molecule has 1 atom stereocenters. The molecule has 4 nitrogen and oxygen atoms in total. The third-order valence-corrected chi connectivity index (χ3v) is 3.07. The number of alkyl halides is 3. The van der Waals surface area contributed by atoms with E-state index in [1.54, 1.807) is 6.07 Å². The molecule has 0 amide bonds. The molecular formula is C13H18F3N3O. The van der Waals surface area contributed by atoms with Crippen molar-refractivity contribution >= 4 is 5.69 Å². The number of ether oxygens (including phenoxy) is 1. The highest BCUT2D eigenvalue weighted by Crippen LogP contribution is 2.19. The summed E-state index contributed by atoms with van der Waals surface area (Å²) < 4.78 is 40.6. The van der Waals surface area contributed by atoms with Gasteiger partial charge in [0.05, 0.1) is 11.9 Å². The monoisotopic (exact) mass is 289 g/mol. The van der Waals surface area contributed by atoms with E-state index in [-0.39, 0.29) is 5.88 Å². The first-order valence-electron chi connectivity index (χ1n) is 6.66. The Labute approximate surface area is 115 Å². The normalized spacial score (nSPS) is 20.2. The first kappa shape index (κ1) is 14.9. The van der Waals surface area contributed by atoms with E-state index in [1.807, 2.05) is 0 Å². The van der Waals surface area contributed by atoms with Gasteiger partial charge in [-0.2, -0.15) is 13.2 Å². The van der Waals surface area contributed by atoms with Crippen molar-refractivity contribution in [2.75, 3.05) is 25.0 Å². The van der Waals surface area contributed by atoms with Gasteiger partial charge in [0.1, 0.15) is 0 Å². The maximum Gasteiger partial charge on any atom is 0.422 e. The van der Waals surface area contributed by atoms with Crippen LogP contribution < -0.4 is 15.4 Å². The maximum atomic E-state index is 12.0. The number of pyridine rings is 1. The number of halogens is 3. The van der Waals surface area contributed by atoms with Gasteiger partial charge < -0.3 is 15.4 Å². The van der Waals surface area contributed by atoms with Crippen molar-refractivity contribution in [3.8, 4) is 5.88 Å². The molecule has 1 aromatic heterocycles. The molecule has 0 aromatic carbocycles. The predicted octanol–water partition coefficient (Wildman–Crippen LogP) is 2.58. The van der Waals surface area contributed by atoms with Crippen LogP contribution in [0.2, 0.25) is 0 Å². The van der Waals surface area contributed by atoms with Gasteiger partial charge in [-0.3, -0.25) is 0 Å². The van der Waals surface area contributed by atoms with Crippen LogP contribution in [0.1, 0.15) is 19.3 Å². The van der Waals surface area contributed by atoms with Crippen molar-refractivity contribution in [1.82, 2.24) is 10.3 Å². The quantitative estimate of drug-likeness (QED) is 0.894. The first-order valence-corrected chi connectivity index (χ1v) is 6.66. The summed E-state index contributed by atoms with van der Waals surface area (Å²) in [7, 11) is 0. The zero-order valence-electron chi connectivity index (χ0n) is 11.0. The summed E-state index contributed by atoms with van der Waals surface area (Å²) in [5, 5.41) is 6.66. The lowest BCUT2D eigenvalue weighted by Gasteiger charge is -2.17. The Morgan fingerprint density at radius 2 is 2.15 bits per heavy atom. The standard InChI is InChI=1S/C13H18F3N3O/c14-13(15,16)9-20-12-4-3-11(8-18-12)19-10-2-1-6-17-7-5-10/h3-4,8,10,17,19H,1-2,5-7,9H2. The van der Waals surface area contributed by atoms with Crippen LogP contribution in [0.3, 0.4) is 0 Å². The van der Waals surface area contributed by atoms with E-state index in [4.69, 9.17) is 0 Å². The van der Waals surface area contributed by atoms with Gasteiger partial charge in [-0.15, -0.1) is 0 Å². The number of nitrogens with one attached hydrogen (secondary N) is 2. The van der Waals surface area contributed by atoms with E-state index in [0.29, 0.717) is 6.04 Å². The minimum atomic E-state index is -4.34. The van der Waals surface area contributed by atoms with Crippen LogP contribution in [0.15, 0.2) is 18.3 Å². The highest BCUT2D eigenvalue weighted by molar-refractivity contribution is 5.43. The molecule has 7 heteroatoms. The summed E-state index contributed by atoms with van der Waals surface area (Å²) in [6.07, 6.45) is 0.361. The number of rotatable bonds is 4. The molecule has 0 saturated carbocycles. The van der Waals surface area contributed by atoms with Crippen molar-refractivity contribution in [2.45, 2.75) is 31.5 Å². The van der Waals surface area contributed by atoms with E-state index >= 15 is 0 Å². The van der Waals surface area contributed by atoms with Gasteiger partial charge in [0.25, 0.3) is 0 Å². The lowest BCUT2D eigenvalue weighted by Crippen LogP contribution is -2.21. The minimum absolute atomic E-state index is 0.0181. The van der Waals surface area contributed by atoms with E-state index in [0.717, 1.165) is 38.0 Å². The van der Waals surface area contributed by atoms with Crippen molar-refractivity contribution in [1.29, 1.82) is 0 Å². The average molecular weight is 289 g/mol. The smallest absolute Gasteiger partial charge is 0.422 e. The fourth-order valence-corrected chi connectivity index (χ4v) is 2.11. The Morgan fingerprint density at radius 1 is 1.30 bits per heavy atom. The molecule has 1 aromatic rings. The summed E-state index contributed by atoms with van der Waals surface area (Å²) in [6.45, 7) is 0.680. The van der Waals surface area contributed by atoms with Crippen LogP contribution in [0.4, 0.5) is 18.9 Å². The summed E-state index contributed by atoms with van der Waals surface area (Å²) in [6, 6.07) is 3.51. The lowest BCUT2D eigenvalue weighted by atomic mass is 10.1. The molecule has 0 aliphatic carbocycles. The van der Waals surface area contributed by atoms with Gasteiger partial charge in [0.15, 0.2) is 6.61 Å². The van der Waals surface area contributed by atoms with Crippen molar-refractivity contribution in [3.63, 3.8) is 0 Å². The Hall–Kier alpha value is -1.50. The Balaban J connectivity index is 1.84. The molecule has 0 radical (unpaired) electrons. The third-order valence-electron chi connectivity index (χ3n) is 3.07. The second kappa shape index (κ2) is 6.78. The van der Waals surface area contributed by atoms with Crippen molar-refractivity contribution < 1.29 is 17.9 Å². The molecule has 2 N–H and O–H groups in total. The van der Waals surface area contributed by atoms with Crippen molar-refractivity contribution in [2.24, 2.45) is 0 Å². The SMILES string of the molecule is FC(F)(F)COc1ccc(NC2CCCNCC2)cn1. The number of hydrogen-bond acceptors (Lipinski definition) is 4. The van der Waals surface area contributed by atoms with Crippen LogP contribution >= 0.6 is 0 Å². The topological polar surface area (TPSA) is 46.2 Å². The molecule has 1 fully saturated rings. The first-order chi connectivity index (χ1) is 9.53. The molecule has 1 unspecified atom stereocenters. The molecule has 1 aliphatic heterocycles.